The van der Waals surface area contributed by atoms with Gasteiger partial charge in [0.1, 0.15) is 0 Å². The normalized spacial score (nSPS) is 23.0. The van der Waals surface area contributed by atoms with Crippen LogP contribution in [0.1, 0.15) is 43.2 Å². The first-order valence-electron chi connectivity index (χ1n) is 8.14. The summed E-state index contributed by atoms with van der Waals surface area (Å²) in [5, 5.41) is 18.9. The number of allylic oxidation sites excluding steroid dienone is 1. The fraction of sp³-hybridized carbons (Fsp3) is 0.444. The van der Waals surface area contributed by atoms with Gasteiger partial charge in [-0.25, -0.2) is 9.59 Å². The molecule has 4 nitrogen and oxygen atoms in total. The fourth-order valence-electron chi connectivity index (χ4n) is 3.49. The standard InChI is InChI=1S/C18H20O4S/c19-17(20)23(18(21)22)10-14(9-12-6-7-12)15-3-1-2-13(16(15)23)8-11-4-5-11/h1-3,10-12H,4-9H2,(H,19,20)(H,21,22). The minimum absolute atomic E-state index is 0.591. The van der Waals surface area contributed by atoms with Gasteiger partial charge in [-0.05, 0) is 72.5 Å². The molecule has 2 aliphatic carbocycles. The van der Waals surface area contributed by atoms with Crippen molar-refractivity contribution in [3.63, 3.8) is 0 Å². The summed E-state index contributed by atoms with van der Waals surface area (Å²) in [5.74, 6) is 1.19. The molecular weight excluding hydrogens is 312 g/mol. The van der Waals surface area contributed by atoms with Crippen LogP contribution in [-0.2, 0) is 6.42 Å². The molecule has 2 fully saturated rings. The van der Waals surface area contributed by atoms with Gasteiger partial charge >= 0.3 is 10.6 Å². The van der Waals surface area contributed by atoms with Crippen molar-refractivity contribution in [3.05, 3.63) is 34.7 Å². The molecule has 2 N–H and O–H groups in total. The first-order valence-corrected chi connectivity index (χ1v) is 9.84. The van der Waals surface area contributed by atoms with Crippen LogP contribution in [0.2, 0.25) is 0 Å². The van der Waals surface area contributed by atoms with E-state index in [1.807, 2.05) is 18.2 Å². The van der Waals surface area contributed by atoms with Gasteiger partial charge in [0.25, 0.3) is 0 Å². The van der Waals surface area contributed by atoms with Gasteiger partial charge in [0.2, 0.25) is 0 Å². The Balaban J connectivity index is 1.88. The van der Waals surface area contributed by atoms with Crippen LogP contribution in [0.15, 0.2) is 28.5 Å². The molecule has 1 heterocycles. The Labute approximate surface area is 136 Å². The molecule has 1 aromatic carbocycles. The van der Waals surface area contributed by atoms with E-state index in [1.54, 1.807) is 5.41 Å². The number of benzene rings is 1. The van der Waals surface area contributed by atoms with Crippen molar-refractivity contribution >= 4 is 26.2 Å². The molecule has 0 bridgehead atoms. The number of carbonyl (C=O) groups is 2. The zero-order valence-corrected chi connectivity index (χ0v) is 13.6. The maximum Gasteiger partial charge on any atom is 0.364 e. The third-order valence-corrected chi connectivity index (χ3v) is 7.91. The maximum absolute atomic E-state index is 12.0. The molecule has 0 radical (unpaired) electrons. The highest BCUT2D eigenvalue weighted by molar-refractivity contribution is 8.57. The summed E-state index contributed by atoms with van der Waals surface area (Å²) in [6, 6.07) is 5.80. The van der Waals surface area contributed by atoms with Gasteiger partial charge in [-0.2, -0.15) is 0 Å². The van der Waals surface area contributed by atoms with Crippen LogP contribution in [0.3, 0.4) is 0 Å². The highest BCUT2D eigenvalue weighted by Crippen LogP contribution is 2.68. The molecule has 2 saturated carbocycles. The summed E-state index contributed by atoms with van der Waals surface area (Å²) in [5.41, 5.74) is 2.77. The molecule has 122 valence electrons. The average molecular weight is 332 g/mol. The van der Waals surface area contributed by atoms with Crippen LogP contribution in [0.5, 0.6) is 0 Å². The molecule has 1 aliphatic heterocycles. The minimum Gasteiger partial charge on any atom is -0.473 e. The predicted molar refractivity (Wildman–Crippen MR) is 90.1 cm³/mol. The predicted octanol–water partition coefficient (Wildman–Crippen LogP) is 5.31. The van der Waals surface area contributed by atoms with Gasteiger partial charge in [0.05, 0.1) is 0 Å². The number of fused-ring (bicyclic) bond motifs is 1. The van der Waals surface area contributed by atoms with Crippen molar-refractivity contribution < 1.29 is 19.8 Å². The molecule has 5 heteroatoms. The number of rotatable bonds is 4. The van der Waals surface area contributed by atoms with Crippen molar-refractivity contribution in [3.8, 4) is 0 Å². The van der Waals surface area contributed by atoms with Crippen molar-refractivity contribution in [2.45, 2.75) is 43.4 Å². The molecule has 0 saturated heterocycles. The Bertz CT molecular complexity index is 715. The van der Waals surface area contributed by atoms with E-state index in [-0.39, 0.29) is 0 Å². The first kappa shape index (κ1) is 14.8. The quantitative estimate of drug-likeness (QED) is 0.783. The average Bonchev–Trinajstić information content (AvgIpc) is 3.40. The van der Waals surface area contributed by atoms with Gasteiger partial charge in [0, 0.05) is 14.9 Å². The van der Waals surface area contributed by atoms with Crippen molar-refractivity contribution in [1.82, 2.24) is 0 Å². The summed E-state index contributed by atoms with van der Waals surface area (Å²) in [4.78, 5) is 24.7. The van der Waals surface area contributed by atoms with Gasteiger partial charge in [-0.15, -0.1) is 0 Å². The minimum atomic E-state index is -3.00. The Morgan fingerprint density at radius 1 is 1.00 bits per heavy atom. The first-order chi connectivity index (χ1) is 11.0. The lowest BCUT2D eigenvalue weighted by Gasteiger charge is -2.26. The van der Waals surface area contributed by atoms with Gasteiger partial charge in [-0.3, -0.25) is 0 Å². The largest absolute Gasteiger partial charge is 0.473 e. The second kappa shape index (κ2) is 5.13. The van der Waals surface area contributed by atoms with Crippen molar-refractivity contribution in [2.24, 2.45) is 11.8 Å². The molecule has 23 heavy (non-hydrogen) atoms. The molecule has 0 amide bonds. The molecule has 3 aliphatic rings. The summed E-state index contributed by atoms with van der Waals surface area (Å²) in [7, 11) is -3.00. The van der Waals surface area contributed by atoms with E-state index < -0.39 is 20.6 Å². The van der Waals surface area contributed by atoms with Crippen molar-refractivity contribution in [2.75, 3.05) is 0 Å². The zero-order valence-electron chi connectivity index (χ0n) is 12.8. The van der Waals surface area contributed by atoms with Gasteiger partial charge in [0.15, 0.2) is 0 Å². The van der Waals surface area contributed by atoms with Gasteiger partial charge < -0.3 is 10.2 Å². The second-order valence-electron chi connectivity index (χ2n) is 6.92. The number of hydrogen-bond acceptors (Lipinski definition) is 2. The zero-order chi connectivity index (χ0) is 16.2. The lowest BCUT2D eigenvalue weighted by Crippen LogP contribution is -2.17. The Kier molecular flexibility index (Phi) is 3.30. The Hall–Kier alpha value is -1.75. The van der Waals surface area contributed by atoms with Crippen LogP contribution in [-0.4, -0.2) is 20.8 Å². The smallest absolute Gasteiger partial charge is 0.364 e. The lowest BCUT2D eigenvalue weighted by molar-refractivity contribution is 0.215. The Morgan fingerprint density at radius 3 is 2.17 bits per heavy atom. The van der Waals surface area contributed by atoms with Gasteiger partial charge in [-0.1, -0.05) is 18.2 Å². The molecule has 0 spiro atoms. The number of hydrogen-bond donors (Lipinski definition) is 2. The van der Waals surface area contributed by atoms with E-state index in [0.717, 1.165) is 55.2 Å². The summed E-state index contributed by atoms with van der Waals surface area (Å²) in [6.07, 6.45) is 6.27. The maximum atomic E-state index is 12.0. The van der Waals surface area contributed by atoms with E-state index >= 15 is 0 Å². The molecule has 0 unspecified atom stereocenters. The lowest BCUT2D eigenvalue weighted by atomic mass is 9.98. The highest BCUT2D eigenvalue weighted by Gasteiger charge is 2.48. The second-order valence-corrected chi connectivity index (χ2v) is 9.59. The third-order valence-electron chi connectivity index (χ3n) is 5.05. The van der Waals surface area contributed by atoms with E-state index in [2.05, 4.69) is 0 Å². The monoisotopic (exact) mass is 332 g/mol. The fourth-order valence-corrected chi connectivity index (χ4v) is 6.07. The molecule has 0 aromatic heterocycles. The van der Waals surface area contributed by atoms with Crippen LogP contribution < -0.4 is 0 Å². The van der Waals surface area contributed by atoms with E-state index in [9.17, 15) is 19.8 Å². The topological polar surface area (TPSA) is 74.6 Å². The van der Waals surface area contributed by atoms with Crippen LogP contribution >= 0.6 is 10.0 Å². The van der Waals surface area contributed by atoms with E-state index in [4.69, 9.17) is 0 Å². The Morgan fingerprint density at radius 2 is 1.61 bits per heavy atom. The SMILES string of the molecule is O=C(O)S1(C(=O)O)C=C(CC2CC2)c2cccc(CC3CC3)c21. The molecule has 4 rings (SSSR count). The molecular formula is C18H20O4S. The van der Waals surface area contributed by atoms with Crippen LogP contribution in [0.4, 0.5) is 9.59 Å². The van der Waals surface area contributed by atoms with Crippen LogP contribution in [0, 0.1) is 11.8 Å². The van der Waals surface area contributed by atoms with Crippen molar-refractivity contribution in [1.29, 1.82) is 0 Å². The summed E-state index contributed by atoms with van der Waals surface area (Å²) in [6.45, 7) is 0. The van der Waals surface area contributed by atoms with E-state index in [0.29, 0.717) is 16.7 Å². The molecule has 1 aromatic rings. The van der Waals surface area contributed by atoms with Crippen LogP contribution in [0.25, 0.3) is 5.57 Å². The summed E-state index contributed by atoms with van der Waals surface area (Å²) >= 11 is 0. The third kappa shape index (κ3) is 2.38. The van der Waals surface area contributed by atoms with E-state index in [1.165, 1.54) is 0 Å². The highest BCUT2D eigenvalue weighted by atomic mass is 32.3. The molecule has 0 atom stereocenters. The summed E-state index contributed by atoms with van der Waals surface area (Å²) < 4.78 is 0. The number of carboxylic acid groups (broad SMARTS) is 2.